The zero-order valence-corrected chi connectivity index (χ0v) is 20.3. The van der Waals surface area contributed by atoms with Crippen molar-refractivity contribution in [3.63, 3.8) is 0 Å². The first-order chi connectivity index (χ1) is 18.3. The fraction of sp³-hybridized carbons (Fsp3) is 0.0294. The van der Waals surface area contributed by atoms with Crippen LogP contribution in [0.1, 0.15) is 10.6 Å². The van der Waals surface area contributed by atoms with Gasteiger partial charge in [-0.25, -0.2) is 4.79 Å². The molecule has 6 rings (SSSR count). The highest BCUT2D eigenvalue weighted by atomic mass is 16.5. The summed E-state index contributed by atoms with van der Waals surface area (Å²) in [6, 6.07) is 43.1. The molecule has 3 heteroatoms. The Labute approximate surface area is 215 Å². The van der Waals surface area contributed by atoms with Crippen LogP contribution < -0.4 is 0 Å². The number of carbonyl (C=O) groups is 1. The molecule has 0 N–H and O–H groups in total. The molecule has 0 saturated carbocycles. The minimum Gasteiger partial charge on any atom is -0.463 e. The normalized spacial score (nSPS) is 10.9. The fourth-order valence-electron chi connectivity index (χ4n) is 5.03. The maximum absolute atomic E-state index is 12.7. The minimum atomic E-state index is -0.503. The van der Waals surface area contributed by atoms with E-state index in [1.54, 1.807) is 0 Å². The van der Waals surface area contributed by atoms with Gasteiger partial charge in [0.1, 0.15) is 5.58 Å². The van der Waals surface area contributed by atoms with Crippen LogP contribution in [0.3, 0.4) is 0 Å². The van der Waals surface area contributed by atoms with E-state index in [0.717, 1.165) is 49.9 Å². The van der Waals surface area contributed by atoms with E-state index in [1.165, 1.54) is 7.11 Å². The van der Waals surface area contributed by atoms with E-state index in [1.807, 2.05) is 66.7 Å². The summed E-state index contributed by atoms with van der Waals surface area (Å²) < 4.78 is 11.4. The van der Waals surface area contributed by atoms with Gasteiger partial charge in [-0.15, -0.1) is 0 Å². The first kappa shape index (κ1) is 22.6. The summed E-state index contributed by atoms with van der Waals surface area (Å²) in [5.41, 5.74) is 8.94. The van der Waals surface area contributed by atoms with Crippen molar-refractivity contribution in [3.05, 3.63) is 133 Å². The lowest BCUT2D eigenvalue weighted by atomic mass is 9.81. The summed E-state index contributed by atoms with van der Waals surface area (Å²) in [6.07, 6.45) is 0. The molecule has 5 aromatic carbocycles. The third-order valence-electron chi connectivity index (χ3n) is 6.61. The molecule has 6 aromatic rings. The van der Waals surface area contributed by atoms with Crippen molar-refractivity contribution >= 4 is 16.9 Å². The van der Waals surface area contributed by atoms with E-state index in [-0.39, 0.29) is 5.76 Å². The van der Waals surface area contributed by atoms with Gasteiger partial charge in [0, 0.05) is 28.1 Å². The zero-order chi connectivity index (χ0) is 25.2. The Hall–Kier alpha value is -4.89. The topological polar surface area (TPSA) is 39.4 Å². The molecule has 0 aliphatic rings. The molecule has 0 radical (unpaired) electrons. The van der Waals surface area contributed by atoms with Gasteiger partial charge in [0.2, 0.25) is 5.76 Å². The number of rotatable bonds is 5. The highest BCUT2D eigenvalue weighted by Crippen LogP contribution is 2.51. The molecular weight excluding hydrogens is 456 g/mol. The first-order valence-electron chi connectivity index (χ1n) is 12.2. The van der Waals surface area contributed by atoms with Crippen LogP contribution in [0.4, 0.5) is 0 Å². The fourth-order valence-corrected chi connectivity index (χ4v) is 5.03. The quantitative estimate of drug-likeness (QED) is 0.231. The summed E-state index contributed by atoms with van der Waals surface area (Å²) in [6.45, 7) is 0. The third kappa shape index (κ3) is 4.01. The smallest absolute Gasteiger partial charge is 0.373 e. The van der Waals surface area contributed by atoms with Crippen molar-refractivity contribution in [3.8, 4) is 44.5 Å². The SMILES string of the molecule is COC(=O)c1cc2c(-c3ccccc3)c(-c3ccccc3)c(-c3ccccc3)c(-c3ccccc3)c2o1. The largest absolute Gasteiger partial charge is 0.463 e. The molecule has 0 spiro atoms. The first-order valence-corrected chi connectivity index (χ1v) is 12.2. The van der Waals surface area contributed by atoms with Gasteiger partial charge < -0.3 is 9.15 Å². The van der Waals surface area contributed by atoms with Gasteiger partial charge >= 0.3 is 5.97 Å². The maximum Gasteiger partial charge on any atom is 0.373 e. The second-order valence-corrected chi connectivity index (χ2v) is 8.81. The molecule has 0 unspecified atom stereocenters. The number of hydrogen-bond donors (Lipinski definition) is 0. The molecule has 0 bridgehead atoms. The monoisotopic (exact) mass is 480 g/mol. The predicted molar refractivity (Wildman–Crippen MR) is 149 cm³/mol. The van der Waals surface area contributed by atoms with Crippen LogP contribution in [0.25, 0.3) is 55.5 Å². The van der Waals surface area contributed by atoms with Crippen LogP contribution in [0.15, 0.2) is 132 Å². The predicted octanol–water partition coefficient (Wildman–Crippen LogP) is 8.89. The van der Waals surface area contributed by atoms with Crippen LogP contribution in [0, 0.1) is 0 Å². The number of furan rings is 1. The molecule has 178 valence electrons. The van der Waals surface area contributed by atoms with Crippen molar-refractivity contribution < 1.29 is 13.9 Å². The molecule has 0 amide bonds. The molecule has 3 nitrogen and oxygen atoms in total. The Bertz CT molecular complexity index is 1560. The van der Waals surface area contributed by atoms with Crippen LogP contribution in [0.2, 0.25) is 0 Å². The summed E-state index contributed by atoms with van der Waals surface area (Å²) in [5.74, 6) is -0.326. The highest BCUT2D eigenvalue weighted by molar-refractivity contribution is 6.17. The molecule has 0 aliphatic heterocycles. The lowest BCUT2D eigenvalue weighted by Crippen LogP contribution is -1.98. The molecule has 0 aliphatic carbocycles. The second-order valence-electron chi connectivity index (χ2n) is 8.81. The summed E-state index contributed by atoms with van der Waals surface area (Å²) >= 11 is 0. The van der Waals surface area contributed by atoms with E-state index in [9.17, 15) is 4.79 Å². The Morgan fingerprint density at radius 2 is 0.919 bits per heavy atom. The molecule has 37 heavy (non-hydrogen) atoms. The number of hydrogen-bond acceptors (Lipinski definition) is 3. The van der Waals surface area contributed by atoms with Gasteiger partial charge in [-0.05, 0) is 27.8 Å². The van der Waals surface area contributed by atoms with Crippen LogP contribution >= 0.6 is 0 Å². The van der Waals surface area contributed by atoms with Crippen molar-refractivity contribution in [2.24, 2.45) is 0 Å². The van der Waals surface area contributed by atoms with E-state index < -0.39 is 5.97 Å². The Morgan fingerprint density at radius 3 is 1.35 bits per heavy atom. The van der Waals surface area contributed by atoms with Gasteiger partial charge in [0.05, 0.1) is 7.11 Å². The van der Waals surface area contributed by atoms with Crippen LogP contribution in [-0.2, 0) is 4.74 Å². The van der Waals surface area contributed by atoms with E-state index >= 15 is 0 Å². The molecule has 0 atom stereocenters. The van der Waals surface area contributed by atoms with Gasteiger partial charge in [-0.2, -0.15) is 0 Å². The van der Waals surface area contributed by atoms with Crippen molar-refractivity contribution in [1.82, 2.24) is 0 Å². The Balaban J connectivity index is 1.89. The third-order valence-corrected chi connectivity index (χ3v) is 6.61. The summed E-state index contributed by atoms with van der Waals surface area (Å²) in [4.78, 5) is 12.7. The number of benzene rings is 5. The number of esters is 1. The molecule has 0 saturated heterocycles. The molecule has 1 aromatic heterocycles. The number of fused-ring (bicyclic) bond motifs is 1. The summed E-state index contributed by atoms with van der Waals surface area (Å²) in [5, 5.41) is 0.865. The van der Waals surface area contributed by atoms with Crippen molar-refractivity contribution in [1.29, 1.82) is 0 Å². The van der Waals surface area contributed by atoms with Crippen molar-refractivity contribution in [2.45, 2.75) is 0 Å². The highest BCUT2D eigenvalue weighted by Gasteiger charge is 2.27. The summed E-state index contributed by atoms with van der Waals surface area (Å²) in [7, 11) is 1.37. The zero-order valence-electron chi connectivity index (χ0n) is 20.3. The average molecular weight is 481 g/mol. The lowest BCUT2D eigenvalue weighted by Gasteiger charge is -2.22. The van der Waals surface area contributed by atoms with Gasteiger partial charge in [-0.1, -0.05) is 121 Å². The minimum absolute atomic E-state index is 0.177. The molecule has 1 heterocycles. The van der Waals surface area contributed by atoms with Crippen molar-refractivity contribution in [2.75, 3.05) is 7.11 Å². The standard InChI is InChI=1S/C34H24O3/c1-36-34(35)28-22-27-29(23-14-6-2-7-15-23)30(24-16-8-3-9-17-24)31(25-18-10-4-11-19-25)32(33(27)37-28)26-20-12-5-13-21-26/h2-22H,1H3. The second kappa shape index (κ2) is 9.63. The van der Waals surface area contributed by atoms with Crippen LogP contribution in [-0.4, -0.2) is 13.1 Å². The molecular formula is C34H24O3. The number of carbonyl (C=O) groups excluding carboxylic acids is 1. The van der Waals surface area contributed by atoms with E-state index in [2.05, 4.69) is 60.7 Å². The Morgan fingerprint density at radius 1 is 0.541 bits per heavy atom. The van der Waals surface area contributed by atoms with Crippen LogP contribution in [0.5, 0.6) is 0 Å². The molecule has 0 fully saturated rings. The maximum atomic E-state index is 12.7. The van der Waals surface area contributed by atoms with Gasteiger partial charge in [0.15, 0.2) is 0 Å². The number of methoxy groups -OCH3 is 1. The van der Waals surface area contributed by atoms with Gasteiger partial charge in [-0.3, -0.25) is 0 Å². The Kier molecular flexibility index (Phi) is 5.88. The van der Waals surface area contributed by atoms with E-state index in [4.69, 9.17) is 9.15 Å². The number of ether oxygens (including phenoxy) is 1. The van der Waals surface area contributed by atoms with Gasteiger partial charge in [0.25, 0.3) is 0 Å². The van der Waals surface area contributed by atoms with E-state index in [0.29, 0.717) is 5.58 Å². The lowest BCUT2D eigenvalue weighted by molar-refractivity contribution is 0.0567. The average Bonchev–Trinajstić information content (AvgIpc) is 3.42.